The van der Waals surface area contributed by atoms with Gasteiger partial charge in [0, 0.05) is 18.8 Å². The first-order valence-electron chi connectivity index (χ1n) is 11.3. The van der Waals surface area contributed by atoms with E-state index in [1.165, 1.54) is 12.1 Å². The van der Waals surface area contributed by atoms with E-state index >= 15 is 0 Å². The molecular weight excluding hydrogens is 306 g/mol. The van der Waals surface area contributed by atoms with Gasteiger partial charge in [0.1, 0.15) is 11.1 Å². The Morgan fingerprint density at radius 3 is 2.92 bits per heavy atom. The molecule has 0 aliphatic carbocycles. The Morgan fingerprint density at radius 1 is 1.38 bits per heavy atom. The standard InChI is InChI=1S/C18H17N3O3/c1-2-24-15-9-8-14-16(21-15)17(22)13(11-19-14)18(23)20-10-12-6-4-3-5-7-12/h3-9,11H,2,10H2,1H3,(H,19,22)(H,20,23)/i2D2,3D,4D,5D,6D,7D,10D2. The molecule has 1 amide bonds. The minimum atomic E-state index is -2.93. The lowest BCUT2D eigenvalue weighted by Crippen LogP contribution is -2.28. The first kappa shape index (κ1) is 8.10. The van der Waals surface area contributed by atoms with Crippen LogP contribution in [0.15, 0.2) is 53.3 Å². The summed E-state index contributed by atoms with van der Waals surface area (Å²) in [5, 5.41) is 1.89. The number of amides is 1. The number of carbonyl (C=O) groups is 1. The molecule has 2 heterocycles. The molecule has 0 bridgehead atoms. The first-order valence-corrected chi connectivity index (χ1v) is 6.75. The molecule has 122 valence electrons. The molecule has 2 N–H and O–H groups in total. The molecule has 3 rings (SSSR count). The van der Waals surface area contributed by atoms with Gasteiger partial charge in [0.15, 0.2) is 0 Å². The van der Waals surface area contributed by atoms with Crippen molar-refractivity contribution in [3.63, 3.8) is 0 Å². The van der Waals surface area contributed by atoms with Gasteiger partial charge in [-0.1, -0.05) is 30.2 Å². The van der Waals surface area contributed by atoms with Crippen LogP contribution in [0.25, 0.3) is 11.0 Å². The Balaban J connectivity index is 2.03. The van der Waals surface area contributed by atoms with Gasteiger partial charge in [-0.2, -0.15) is 0 Å². The zero-order valence-corrected chi connectivity index (χ0v) is 12.4. The maximum Gasteiger partial charge on any atom is 0.257 e. The molecule has 0 atom stereocenters. The monoisotopic (exact) mass is 332 g/mol. The summed E-state index contributed by atoms with van der Waals surface area (Å²) in [6, 6.07) is -1.25. The number of aromatic nitrogens is 2. The number of carbonyl (C=O) groups excluding carboxylic acids is 1. The quantitative estimate of drug-likeness (QED) is 0.750. The van der Waals surface area contributed by atoms with Crippen molar-refractivity contribution in [1.82, 2.24) is 15.3 Å². The maximum absolute atomic E-state index is 12.8. The van der Waals surface area contributed by atoms with Crippen LogP contribution in [-0.4, -0.2) is 22.4 Å². The molecule has 0 unspecified atom stereocenters. The van der Waals surface area contributed by atoms with Gasteiger partial charge in [0.25, 0.3) is 5.91 Å². The second kappa shape index (κ2) is 6.95. The summed E-state index contributed by atoms with van der Waals surface area (Å²) in [4.78, 5) is 32.1. The predicted octanol–water partition coefficient (Wildman–Crippen LogP) is 2.25. The molecule has 2 aromatic heterocycles. The van der Waals surface area contributed by atoms with Crippen molar-refractivity contribution in [2.45, 2.75) is 13.4 Å². The molecule has 0 saturated carbocycles. The van der Waals surface area contributed by atoms with E-state index in [9.17, 15) is 9.59 Å². The van der Waals surface area contributed by atoms with Crippen molar-refractivity contribution >= 4 is 16.9 Å². The molecule has 1 aromatic carbocycles. The Kier molecular flexibility index (Phi) is 2.35. The molecule has 0 fully saturated rings. The highest BCUT2D eigenvalue weighted by Crippen LogP contribution is 2.12. The number of H-pyrrole nitrogens is 1. The fourth-order valence-corrected chi connectivity index (χ4v) is 1.90. The number of aromatic amines is 1. The van der Waals surface area contributed by atoms with Crippen LogP contribution in [0.5, 0.6) is 5.88 Å². The topological polar surface area (TPSA) is 84.1 Å². The minimum absolute atomic E-state index is 0.203. The Labute approximate surface area is 151 Å². The highest BCUT2D eigenvalue weighted by Gasteiger charge is 2.14. The molecule has 6 nitrogen and oxygen atoms in total. The van der Waals surface area contributed by atoms with E-state index in [1.54, 1.807) is 0 Å². The average molecular weight is 332 g/mol. The van der Waals surface area contributed by atoms with E-state index in [2.05, 4.69) is 9.97 Å². The van der Waals surface area contributed by atoms with Crippen molar-refractivity contribution in [2.75, 3.05) is 6.56 Å². The van der Waals surface area contributed by atoms with Crippen LogP contribution < -0.4 is 15.5 Å². The number of rotatable bonds is 5. The summed E-state index contributed by atoms with van der Waals surface area (Å²) in [6.45, 7) is -3.88. The first-order chi connectivity index (χ1) is 15.1. The summed E-state index contributed by atoms with van der Waals surface area (Å²) < 4.78 is 74.9. The summed E-state index contributed by atoms with van der Waals surface area (Å²) >= 11 is 0. The number of ether oxygens (including phenoxy) is 1. The van der Waals surface area contributed by atoms with Crippen molar-refractivity contribution in [2.24, 2.45) is 0 Å². The minimum Gasteiger partial charge on any atom is -0.478 e. The third-order valence-electron chi connectivity index (χ3n) is 2.95. The Hall–Kier alpha value is -3.15. The molecule has 0 radical (unpaired) electrons. The zero-order valence-electron chi connectivity index (χ0n) is 21.4. The molecule has 0 aliphatic heterocycles. The smallest absolute Gasteiger partial charge is 0.257 e. The highest BCUT2D eigenvalue weighted by atomic mass is 16.5. The number of benzene rings is 1. The number of hydrogen-bond acceptors (Lipinski definition) is 4. The van der Waals surface area contributed by atoms with Crippen LogP contribution >= 0.6 is 0 Å². The molecular formula is C18H17N3O3. The summed E-state index contributed by atoms with van der Waals surface area (Å²) in [5.74, 6) is -1.44. The van der Waals surface area contributed by atoms with E-state index < -0.39 is 65.7 Å². The molecule has 0 aliphatic rings. The maximum atomic E-state index is 12.8. The van der Waals surface area contributed by atoms with E-state index in [-0.39, 0.29) is 16.9 Å². The lowest BCUT2D eigenvalue weighted by Gasteiger charge is -2.07. The lowest BCUT2D eigenvalue weighted by atomic mass is 10.2. The second-order valence-corrected chi connectivity index (χ2v) is 4.46. The van der Waals surface area contributed by atoms with Crippen LogP contribution in [0.4, 0.5) is 0 Å². The number of nitrogens with zero attached hydrogens (tertiary/aromatic N) is 1. The van der Waals surface area contributed by atoms with Gasteiger partial charge < -0.3 is 15.0 Å². The van der Waals surface area contributed by atoms with Gasteiger partial charge in [0.2, 0.25) is 11.3 Å². The fraction of sp³-hybridized carbons (Fsp3) is 0.167. The predicted molar refractivity (Wildman–Crippen MR) is 91.1 cm³/mol. The molecule has 3 aromatic rings. The van der Waals surface area contributed by atoms with Crippen molar-refractivity contribution in [3.05, 3.63) is 69.9 Å². The van der Waals surface area contributed by atoms with Crippen molar-refractivity contribution in [3.8, 4) is 5.88 Å². The van der Waals surface area contributed by atoms with Gasteiger partial charge >= 0.3 is 0 Å². The zero-order chi connectivity index (χ0) is 24.9. The number of pyridine rings is 2. The van der Waals surface area contributed by atoms with Gasteiger partial charge in [-0.15, -0.1) is 0 Å². The summed E-state index contributed by atoms with van der Waals surface area (Å²) in [5.41, 5.74) is -2.34. The molecule has 0 spiro atoms. The van der Waals surface area contributed by atoms with Crippen LogP contribution in [0.1, 0.15) is 35.2 Å². The Bertz CT molecular complexity index is 1310. The van der Waals surface area contributed by atoms with E-state index in [1.807, 2.05) is 5.32 Å². The van der Waals surface area contributed by atoms with Crippen molar-refractivity contribution < 1.29 is 21.9 Å². The highest BCUT2D eigenvalue weighted by molar-refractivity contribution is 5.96. The van der Waals surface area contributed by atoms with Crippen LogP contribution in [0.3, 0.4) is 0 Å². The number of nitrogens with one attached hydrogen (secondary N) is 2. The van der Waals surface area contributed by atoms with Crippen LogP contribution in [0, 0.1) is 0 Å². The summed E-state index contributed by atoms with van der Waals surface area (Å²) in [7, 11) is 0. The van der Waals surface area contributed by atoms with Crippen LogP contribution in [0.2, 0.25) is 0 Å². The van der Waals surface area contributed by atoms with E-state index in [4.69, 9.17) is 17.1 Å². The van der Waals surface area contributed by atoms with Gasteiger partial charge in [-0.25, -0.2) is 4.98 Å². The van der Waals surface area contributed by atoms with Gasteiger partial charge in [-0.05, 0) is 18.6 Å². The number of fused-ring (bicyclic) bond motifs is 1. The van der Waals surface area contributed by atoms with Gasteiger partial charge in [0.05, 0.1) is 24.4 Å². The third kappa shape index (κ3) is 3.27. The lowest BCUT2D eigenvalue weighted by molar-refractivity contribution is 0.0949. The van der Waals surface area contributed by atoms with E-state index in [0.717, 1.165) is 13.1 Å². The Morgan fingerprint density at radius 2 is 2.17 bits per heavy atom. The van der Waals surface area contributed by atoms with Crippen molar-refractivity contribution in [1.29, 1.82) is 0 Å². The fourth-order valence-electron chi connectivity index (χ4n) is 1.90. The SMILES string of the molecule is [2H]c1c([2H])c([2H])c(C([2H])([2H])NC(=O)c2c[nH]c3ccc(OC([2H])([2H])C)nc3c2=O)c([2H])c1[2H]. The molecule has 24 heavy (non-hydrogen) atoms. The van der Waals surface area contributed by atoms with E-state index in [0.29, 0.717) is 0 Å². The van der Waals surface area contributed by atoms with Gasteiger partial charge in [-0.3, -0.25) is 9.59 Å². The number of hydrogen-bond donors (Lipinski definition) is 2. The third-order valence-corrected chi connectivity index (χ3v) is 2.95. The molecule has 6 heteroatoms. The largest absolute Gasteiger partial charge is 0.478 e. The summed E-state index contributed by atoms with van der Waals surface area (Å²) in [6.07, 6.45) is 1.01. The van der Waals surface area contributed by atoms with Crippen LogP contribution in [-0.2, 0) is 6.50 Å². The molecule has 0 saturated heterocycles. The normalized spacial score (nSPS) is 17.1. The second-order valence-electron chi connectivity index (χ2n) is 4.46. The average Bonchev–Trinajstić information content (AvgIpc) is 2.69.